The normalized spacial score (nSPS) is 15.1. The number of hydrogen-bond acceptors (Lipinski definition) is 5. The van der Waals surface area contributed by atoms with Crippen LogP contribution in [-0.4, -0.2) is 51.9 Å². The minimum Gasteiger partial charge on any atom is -0.379 e. The number of carbonyl (C=O) groups excluding carboxylic acids is 1. The smallest absolute Gasteiger partial charge is 0.253 e. The first kappa shape index (κ1) is 18.6. The third kappa shape index (κ3) is 3.90. The van der Waals surface area contributed by atoms with Crippen LogP contribution in [0.3, 0.4) is 0 Å². The molecule has 28 heavy (non-hydrogen) atoms. The molecular formula is C21H25N5O2. The number of benzene rings is 1. The topological polar surface area (TPSA) is 72.3 Å². The van der Waals surface area contributed by atoms with Crippen LogP contribution in [0.15, 0.2) is 36.5 Å². The number of fused-ring (bicyclic) bond motifs is 1. The molecule has 1 aliphatic heterocycles. The van der Waals surface area contributed by atoms with Gasteiger partial charge < -0.3 is 10.1 Å². The average molecular weight is 379 g/mol. The van der Waals surface area contributed by atoms with Crippen molar-refractivity contribution in [2.24, 2.45) is 7.05 Å². The third-order valence-electron chi connectivity index (χ3n) is 5.18. The Balaban J connectivity index is 1.45. The minimum absolute atomic E-state index is 0.126. The molecule has 1 N–H and O–H groups in total. The van der Waals surface area contributed by atoms with Crippen LogP contribution in [0.1, 0.15) is 27.2 Å². The summed E-state index contributed by atoms with van der Waals surface area (Å²) < 4.78 is 7.16. The zero-order valence-corrected chi connectivity index (χ0v) is 16.3. The molecule has 0 saturated carbocycles. The second kappa shape index (κ2) is 8.08. The van der Waals surface area contributed by atoms with Gasteiger partial charge in [0.1, 0.15) is 0 Å². The molecule has 1 aliphatic rings. The van der Waals surface area contributed by atoms with E-state index in [2.05, 4.69) is 32.4 Å². The van der Waals surface area contributed by atoms with E-state index in [1.807, 2.05) is 32.2 Å². The van der Waals surface area contributed by atoms with Crippen LogP contribution in [0.2, 0.25) is 0 Å². The Morgan fingerprint density at radius 2 is 1.96 bits per heavy atom. The van der Waals surface area contributed by atoms with Crippen LogP contribution in [0.5, 0.6) is 0 Å². The Bertz CT molecular complexity index is 992. The SMILES string of the molecule is Cc1nn(C)c2ncc(C(=O)NCc3ccccc3CN3CCOCC3)cc12. The molecular weight excluding hydrogens is 354 g/mol. The van der Waals surface area contributed by atoms with Crippen molar-refractivity contribution in [2.45, 2.75) is 20.0 Å². The van der Waals surface area contributed by atoms with Gasteiger partial charge in [-0.15, -0.1) is 0 Å². The molecule has 0 spiro atoms. The Hall–Kier alpha value is -2.77. The largest absolute Gasteiger partial charge is 0.379 e. The summed E-state index contributed by atoms with van der Waals surface area (Å²) in [7, 11) is 1.85. The Morgan fingerprint density at radius 1 is 1.21 bits per heavy atom. The van der Waals surface area contributed by atoms with E-state index < -0.39 is 0 Å². The fraction of sp³-hybridized carbons (Fsp3) is 0.381. The molecule has 0 atom stereocenters. The van der Waals surface area contributed by atoms with Crippen LogP contribution in [0, 0.1) is 6.92 Å². The van der Waals surface area contributed by atoms with E-state index in [4.69, 9.17) is 4.74 Å². The van der Waals surface area contributed by atoms with Gasteiger partial charge in [0.2, 0.25) is 0 Å². The van der Waals surface area contributed by atoms with Gasteiger partial charge in [0.15, 0.2) is 5.65 Å². The number of rotatable bonds is 5. The maximum atomic E-state index is 12.7. The molecule has 0 bridgehead atoms. The average Bonchev–Trinajstić information content (AvgIpc) is 3.01. The summed E-state index contributed by atoms with van der Waals surface area (Å²) in [5, 5.41) is 8.30. The minimum atomic E-state index is -0.126. The van der Waals surface area contributed by atoms with E-state index in [1.54, 1.807) is 10.9 Å². The summed E-state index contributed by atoms with van der Waals surface area (Å²) in [6.45, 7) is 6.73. The molecule has 2 aromatic heterocycles. The standard InChI is InChI=1S/C21H25N5O2/c1-15-19-11-18(13-22-20(19)25(2)24-15)21(27)23-12-16-5-3-4-6-17(16)14-26-7-9-28-10-8-26/h3-6,11,13H,7-10,12,14H2,1-2H3,(H,23,27). The van der Waals surface area contributed by atoms with Crippen LogP contribution in [0.4, 0.5) is 0 Å². The quantitative estimate of drug-likeness (QED) is 0.735. The van der Waals surface area contributed by atoms with Crippen molar-refractivity contribution in [1.29, 1.82) is 0 Å². The van der Waals surface area contributed by atoms with Crippen molar-refractivity contribution in [3.63, 3.8) is 0 Å². The van der Waals surface area contributed by atoms with Crippen LogP contribution in [-0.2, 0) is 24.9 Å². The molecule has 4 rings (SSSR count). The van der Waals surface area contributed by atoms with Crippen molar-refractivity contribution >= 4 is 16.9 Å². The molecule has 7 nitrogen and oxygen atoms in total. The molecule has 1 aromatic carbocycles. The fourth-order valence-electron chi connectivity index (χ4n) is 3.59. The lowest BCUT2D eigenvalue weighted by atomic mass is 10.1. The summed E-state index contributed by atoms with van der Waals surface area (Å²) in [4.78, 5) is 19.5. The van der Waals surface area contributed by atoms with Crippen molar-refractivity contribution in [3.05, 3.63) is 58.9 Å². The van der Waals surface area contributed by atoms with E-state index in [1.165, 1.54) is 5.56 Å². The summed E-state index contributed by atoms with van der Waals surface area (Å²) >= 11 is 0. The summed E-state index contributed by atoms with van der Waals surface area (Å²) in [6, 6.07) is 10.1. The fourth-order valence-corrected chi connectivity index (χ4v) is 3.59. The molecule has 146 valence electrons. The van der Waals surface area contributed by atoms with Gasteiger partial charge in [0.05, 0.1) is 24.5 Å². The number of nitrogens with zero attached hydrogens (tertiary/aromatic N) is 4. The number of morpholine rings is 1. The molecule has 0 radical (unpaired) electrons. The van der Waals surface area contributed by atoms with Gasteiger partial charge in [0, 0.05) is 44.8 Å². The molecule has 7 heteroatoms. The van der Waals surface area contributed by atoms with Gasteiger partial charge in [-0.2, -0.15) is 5.10 Å². The predicted molar refractivity (Wildman–Crippen MR) is 107 cm³/mol. The molecule has 1 fully saturated rings. The molecule has 3 aromatic rings. The highest BCUT2D eigenvalue weighted by Crippen LogP contribution is 2.17. The highest BCUT2D eigenvalue weighted by atomic mass is 16.5. The van der Waals surface area contributed by atoms with Crippen molar-refractivity contribution < 1.29 is 9.53 Å². The second-order valence-electron chi connectivity index (χ2n) is 7.14. The van der Waals surface area contributed by atoms with Gasteiger partial charge in [-0.3, -0.25) is 14.4 Å². The van der Waals surface area contributed by atoms with Gasteiger partial charge in [-0.05, 0) is 24.1 Å². The summed E-state index contributed by atoms with van der Waals surface area (Å²) in [6.07, 6.45) is 1.61. The summed E-state index contributed by atoms with van der Waals surface area (Å²) in [5.74, 6) is -0.126. The predicted octanol–water partition coefficient (Wildman–Crippen LogP) is 2.04. The van der Waals surface area contributed by atoms with Crippen LogP contribution < -0.4 is 5.32 Å². The van der Waals surface area contributed by atoms with E-state index in [9.17, 15) is 4.79 Å². The molecule has 3 heterocycles. The molecule has 1 amide bonds. The number of aromatic nitrogens is 3. The van der Waals surface area contributed by atoms with Gasteiger partial charge in [-0.1, -0.05) is 24.3 Å². The van der Waals surface area contributed by atoms with Gasteiger partial charge in [-0.25, -0.2) is 4.98 Å². The van der Waals surface area contributed by atoms with Crippen molar-refractivity contribution in [2.75, 3.05) is 26.3 Å². The first-order valence-electron chi connectivity index (χ1n) is 9.56. The lowest BCUT2D eigenvalue weighted by Gasteiger charge is -2.27. The number of hydrogen-bond donors (Lipinski definition) is 1. The lowest BCUT2D eigenvalue weighted by molar-refractivity contribution is 0.0340. The van der Waals surface area contributed by atoms with Crippen molar-refractivity contribution in [3.8, 4) is 0 Å². The zero-order valence-electron chi connectivity index (χ0n) is 16.3. The first-order chi connectivity index (χ1) is 13.6. The number of ether oxygens (including phenoxy) is 1. The monoisotopic (exact) mass is 379 g/mol. The lowest BCUT2D eigenvalue weighted by Crippen LogP contribution is -2.36. The van der Waals surface area contributed by atoms with E-state index in [-0.39, 0.29) is 5.91 Å². The molecule has 0 aliphatic carbocycles. The number of amides is 1. The summed E-state index contributed by atoms with van der Waals surface area (Å²) in [5.41, 5.74) is 4.57. The second-order valence-corrected chi connectivity index (χ2v) is 7.14. The maximum Gasteiger partial charge on any atom is 0.253 e. The number of nitrogens with one attached hydrogen (secondary N) is 1. The van der Waals surface area contributed by atoms with Crippen molar-refractivity contribution in [1.82, 2.24) is 25.0 Å². The zero-order chi connectivity index (χ0) is 19.5. The molecule has 0 unspecified atom stereocenters. The number of carbonyl (C=O) groups is 1. The van der Waals surface area contributed by atoms with E-state index >= 15 is 0 Å². The maximum absolute atomic E-state index is 12.7. The Kier molecular flexibility index (Phi) is 5.36. The number of aryl methyl sites for hydroxylation is 2. The highest BCUT2D eigenvalue weighted by molar-refractivity contribution is 5.97. The van der Waals surface area contributed by atoms with Crippen LogP contribution >= 0.6 is 0 Å². The van der Waals surface area contributed by atoms with Gasteiger partial charge >= 0.3 is 0 Å². The Morgan fingerprint density at radius 3 is 2.75 bits per heavy atom. The number of pyridine rings is 1. The third-order valence-corrected chi connectivity index (χ3v) is 5.18. The first-order valence-corrected chi connectivity index (χ1v) is 9.56. The molecule has 1 saturated heterocycles. The van der Waals surface area contributed by atoms with Gasteiger partial charge in [0.25, 0.3) is 5.91 Å². The highest BCUT2D eigenvalue weighted by Gasteiger charge is 2.14. The van der Waals surface area contributed by atoms with Crippen LogP contribution in [0.25, 0.3) is 11.0 Å². The Labute approximate surface area is 164 Å². The van der Waals surface area contributed by atoms with E-state index in [0.717, 1.165) is 55.1 Å². The van der Waals surface area contributed by atoms with E-state index in [0.29, 0.717) is 12.1 Å².